The van der Waals surface area contributed by atoms with Crippen LogP contribution in [0, 0.1) is 5.41 Å². The van der Waals surface area contributed by atoms with Gasteiger partial charge in [0.25, 0.3) is 0 Å². The first-order valence-electron chi connectivity index (χ1n) is 5.46. The third-order valence-corrected chi connectivity index (χ3v) is 3.54. The van der Waals surface area contributed by atoms with Crippen molar-refractivity contribution in [1.29, 1.82) is 0 Å². The minimum atomic E-state index is 0.139. The second-order valence-electron chi connectivity index (χ2n) is 4.83. The van der Waals surface area contributed by atoms with Crippen LogP contribution in [0.5, 0.6) is 0 Å². The molecule has 0 heterocycles. The lowest BCUT2D eigenvalue weighted by Gasteiger charge is -2.41. The van der Waals surface area contributed by atoms with E-state index in [0.717, 1.165) is 12.8 Å². The van der Waals surface area contributed by atoms with E-state index in [9.17, 15) is 4.79 Å². The maximum Gasteiger partial charge on any atom is 0.223 e. The van der Waals surface area contributed by atoms with E-state index in [0.29, 0.717) is 13.0 Å². The standard InChI is InChI=1S/C11H22N2O/c1-9(2)13(3)10(14)7-11(8-12)5-4-6-11/h9H,4-8,12H2,1-3H3. The second kappa shape index (κ2) is 4.30. The number of carbonyl (C=O) groups is 1. The van der Waals surface area contributed by atoms with Gasteiger partial charge in [-0.3, -0.25) is 4.79 Å². The van der Waals surface area contributed by atoms with E-state index in [2.05, 4.69) is 0 Å². The lowest BCUT2D eigenvalue weighted by Crippen LogP contribution is -2.43. The van der Waals surface area contributed by atoms with Crippen molar-refractivity contribution >= 4 is 5.91 Å². The highest BCUT2D eigenvalue weighted by Crippen LogP contribution is 2.43. The molecule has 0 unspecified atom stereocenters. The summed E-state index contributed by atoms with van der Waals surface area (Å²) in [5, 5.41) is 0. The Hall–Kier alpha value is -0.570. The molecule has 3 heteroatoms. The molecule has 1 amide bonds. The van der Waals surface area contributed by atoms with Gasteiger partial charge < -0.3 is 10.6 Å². The molecule has 0 spiro atoms. The molecule has 0 atom stereocenters. The van der Waals surface area contributed by atoms with Crippen LogP contribution < -0.4 is 5.73 Å². The maximum absolute atomic E-state index is 11.8. The predicted molar refractivity (Wildman–Crippen MR) is 57.9 cm³/mol. The normalized spacial score (nSPS) is 19.2. The minimum Gasteiger partial charge on any atom is -0.343 e. The summed E-state index contributed by atoms with van der Waals surface area (Å²) in [7, 11) is 1.87. The third-order valence-electron chi connectivity index (χ3n) is 3.54. The summed E-state index contributed by atoms with van der Waals surface area (Å²) >= 11 is 0. The molecule has 1 saturated carbocycles. The number of hydrogen-bond donors (Lipinski definition) is 1. The monoisotopic (exact) mass is 198 g/mol. The van der Waals surface area contributed by atoms with Crippen LogP contribution in [0.4, 0.5) is 0 Å². The first kappa shape index (κ1) is 11.5. The van der Waals surface area contributed by atoms with Gasteiger partial charge in [-0.05, 0) is 38.6 Å². The first-order valence-corrected chi connectivity index (χ1v) is 5.46. The Labute approximate surface area is 86.6 Å². The zero-order valence-corrected chi connectivity index (χ0v) is 9.55. The largest absolute Gasteiger partial charge is 0.343 e. The van der Waals surface area contributed by atoms with Crippen molar-refractivity contribution in [2.24, 2.45) is 11.1 Å². The molecule has 2 N–H and O–H groups in total. The molecule has 1 aliphatic carbocycles. The number of hydrogen-bond acceptors (Lipinski definition) is 2. The smallest absolute Gasteiger partial charge is 0.223 e. The Kier molecular flexibility index (Phi) is 3.53. The topological polar surface area (TPSA) is 46.3 Å². The highest BCUT2D eigenvalue weighted by molar-refractivity contribution is 5.77. The Morgan fingerprint density at radius 1 is 1.50 bits per heavy atom. The van der Waals surface area contributed by atoms with Gasteiger partial charge in [-0.25, -0.2) is 0 Å². The molecule has 3 nitrogen and oxygen atoms in total. The molecule has 0 bridgehead atoms. The molecule has 82 valence electrons. The van der Waals surface area contributed by atoms with E-state index < -0.39 is 0 Å². The van der Waals surface area contributed by atoms with Gasteiger partial charge in [0, 0.05) is 19.5 Å². The van der Waals surface area contributed by atoms with Gasteiger partial charge >= 0.3 is 0 Å². The van der Waals surface area contributed by atoms with Gasteiger partial charge in [-0.15, -0.1) is 0 Å². The molecular weight excluding hydrogens is 176 g/mol. The summed E-state index contributed by atoms with van der Waals surface area (Å²) in [6.07, 6.45) is 4.12. The highest BCUT2D eigenvalue weighted by Gasteiger charge is 2.38. The summed E-state index contributed by atoms with van der Waals surface area (Å²) in [6, 6.07) is 0.289. The lowest BCUT2D eigenvalue weighted by atomic mass is 9.66. The number of carbonyl (C=O) groups excluding carboxylic acids is 1. The van der Waals surface area contributed by atoms with Crippen LogP contribution in [-0.2, 0) is 4.79 Å². The SMILES string of the molecule is CC(C)N(C)C(=O)CC1(CN)CCC1. The maximum atomic E-state index is 11.8. The summed E-state index contributed by atoms with van der Waals surface area (Å²) in [4.78, 5) is 13.6. The van der Waals surface area contributed by atoms with Gasteiger partial charge in [0.1, 0.15) is 0 Å². The minimum absolute atomic E-state index is 0.139. The Balaban J connectivity index is 2.47. The molecule has 1 aliphatic rings. The Bertz CT molecular complexity index is 204. The summed E-state index contributed by atoms with van der Waals surface area (Å²) in [6.45, 7) is 4.73. The molecule has 0 aromatic carbocycles. The van der Waals surface area contributed by atoms with E-state index >= 15 is 0 Å². The van der Waals surface area contributed by atoms with Crippen molar-refractivity contribution in [3.05, 3.63) is 0 Å². The number of nitrogens with zero attached hydrogens (tertiary/aromatic N) is 1. The molecule has 0 radical (unpaired) electrons. The van der Waals surface area contributed by atoms with Crippen LogP contribution in [0.25, 0.3) is 0 Å². The molecular formula is C11H22N2O. The zero-order valence-electron chi connectivity index (χ0n) is 9.55. The van der Waals surface area contributed by atoms with Crippen molar-refractivity contribution in [1.82, 2.24) is 4.90 Å². The van der Waals surface area contributed by atoms with Gasteiger partial charge in [0.15, 0.2) is 0 Å². The van der Waals surface area contributed by atoms with E-state index in [1.165, 1.54) is 6.42 Å². The van der Waals surface area contributed by atoms with Crippen molar-refractivity contribution in [2.75, 3.05) is 13.6 Å². The van der Waals surface area contributed by atoms with Gasteiger partial charge in [-0.2, -0.15) is 0 Å². The van der Waals surface area contributed by atoms with E-state index in [1.807, 2.05) is 25.8 Å². The van der Waals surface area contributed by atoms with Crippen molar-refractivity contribution in [2.45, 2.75) is 45.6 Å². The zero-order chi connectivity index (χ0) is 10.8. The van der Waals surface area contributed by atoms with Crippen molar-refractivity contribution in [3.63, 3.8) is 0 Å². The fraction of sp³-hybridized carbons (Fsp3) is 0.909. The summed E-state index contributed by atoms with van der Waals surface area (Å²) < 4.78 is 0. The number of amides is 1. The first-order chi connectivity index (χ1) is 6.51. The number of rotatable bonds is 4. The van der Waals surface area contributed by atoms with Crippen LogP contribution in [0.1, 0.15) is 39.5 Å². The molecule has 0 saturated heterocycles. The van der Waals surface area contributed by atoms with E-state index in [-0.39, 0.29) is 17.4 Å². The predicted octanol–water partition coefficient (Wildman–Crippen LogP) is 1.37. The van der Waals surface area contributed by atoms with Crippen LogP contribution in [0.2, 0.25) is 0 Å². The molecule has 0 aliphatic heterocycles. The van der Waals surface area contributed by atoms with Gasteiger partial charge in [0.2, 0.25) is 5.91 Å². The molecule has 0 aromatic heterocycles. The summed E-state index contributed by atoms with van der Waals surface area (Å²) in [5.41, 5.74) is 5.86. The fourth-order valence-electron chi connectivity index (χ4n) is 1.86. The van der Waals surface area contributed by atoms with Crippen LogP contribution in [-0.4, -0.2) is 30.4 Å². The van der Waals surface area contributed by atoms with E-state index in [4.69, 9.17) is 5.73 Å². The van der Waals surface area contributed by atoms with Gasteiger partial charge in [0.05, 0.1) is 0 Å². The molecule has 14 heavy (non-hydrogen) atoms. The Morgan fingerprint density at radius 3 is 2.36 bits per heavy atom. The second-order valence-corrected chi connectivity index (χ2v) is 4.83. The number of nitrogens with two attached hydrogens (primary N) is 1. The van der Waals surface area contributed by atoms with Crippen molar-refractivity contribution in [3.8, 4) is 0 Å². The van der Waals surface area contributed by atoms with Crippen LogP contribution >= 0.6 is 0 Å². The van der Waals surface area contributed by atoms with Crippen LogP contribution in [0.3, 0.4) is 0 Å². The quantitative estimate of drug-likeness (QED) is 0.741. The average molecular weight is 198 g/mol. The third kappa shape index (κ3) is 2.27. The molecule has 1 rings (SSSR count). The average Bonchev–Trinajstić information content (AvgIpc) is 2.09. The molecule has 1 fully saturated rings. The highest BCUT2D eigenvalue weighted by atomic mass is 16.2. The Morgan fingerprint density at radius 2 is 2.07 bits per heavy atom. The molecule has 0 aromatic rings. The van der Waals surface area contributed by atoms with Gasteiger partial charge in [-0.1, -0.05) is 6.42 Å². The lowest BCUT2D eigenvalue weighted by molar-refractivity contribution is -0.135. The van der Waals surface area contributed by atoms with Crippen LogP contribution in [0.15, 0.2) is 0 Å². The van der Waals surface area contributed by atoms with Crippen molar-refractivity contribution < 1.29 is 4.79 Å². The van der Waals surface area contributed by atoms with E-state index in [1.54, 1.807) is 0 Å². The summed E-state index contributed by atoms with van der Waals surface area (Å²) in [5.74, 6) is 0.241. The fourth-order valence-corrected chi connectivity index (χ4v) is 1.86.